The molecule has 0 bridgehead atoms. The molecule has 2 atom stereocenters. The summed E-state index contributed by atoms with van der Waals surface area (Å²) in [4.78, 5) is 7.65. The van der Waals surface area contributed by atoms with E-state index < -0.39 is 0 Å². The number of likely N-dealkylation sites (N-methyl/N-ethyl adjacent to an activating group) is 1. The fourth-order valence-corrected chi connectivity index (χ4v) is 3.65. The van der Waals surface area contributed by atoms with Gasteiger partial charge in [-0.1, -0.05) is 24.6 Å². The largest absolute Gasteiger partial charge is 0.326 e. The Hall–Kier alpha value is -0.940. The number of hydrogen-bond donors (Lipinski definition) is 1. The van der Waals surface area contributed by atoms with Crippen LogP contribution in [0.25, 0.3) is 0 Å². The van der Waals surface area contributed by atoms with E-state index in [1.807, 2.05) is 18.3 Å². The first-order chi connectivity index (χ1) is 9.61. The van der Waals surface area contributed by atoms with Crippen molar-refractivity contribution in [1.82, 2.24) is 9.88 Å². The molecule has 0 radical (unpaired) electrons. The number of nitrogens with zero attached hydrogens (tertiary/aromatic N) is 2. The normalized spacial score (nSPS) is 14.4. The van der Waals surface area contributed by atoms with Crippen LogP contribution in [0, 0.1) is 0 Å². The van der Waals surface area contributed by atoms with Crippen molar-refractivity contribution in [2.75, 3.05) is 7.05 Å². The van der Waals surface area contributed by atoms with E-state index in [0.29, 0.717) is 0 Å². The van der Waals surface area contributed by atoms with E-state index in [-0.39, 0.29) is 12.1 Å². The first-order valence-electron chi connectivity index (χ1n) is 6.71. The van der Waals surface area contributed by atoms with Crippen LogP contribution >= 0.6 is 22.9 Å². The minimum Gasteiger partial charge on any atom is -0.326 e. The van der Waals surface area contributed by atoms with Gasteiger partial charge in [0.2, 0.25) is 0 Å². The lowest BCUT2D eigenvalue weighted by Crippen LogP contribution is -2.38. The number of rotatable bonds is 6. The first kappa shape index (κ1) is 15.4. The summed E-state index contributed by atoms with van der Waals surface area (Å²) >= 11 is 7.67. The van der Waals surface area contributed by atoms with Crippen LogP contribution in [0.5, 0.6) is 0 Å². The summed E-state index contributed by atoms with van der Waals surface area (Å²) in [5.41, 5.74) is 7.51. The Morgan fingerprint density at radius 2 is 2.20 bits per heavy atom. The lowest BCUT2D eigenvalue weighted by Gasteiger charge is -2.31. The van der Waals surface area contributed by atoms with Crippen LogP contribution in [0.4, 0.5) is 0 Å². The second-order valence-corrected chi connectivity index (χ2v) is 6.68. The molecule has 2 aromatic rings. The van der Waals surface area contributed by atoms with Crippen molar-refractivity contribution in [3.8, 4) is 0 Å². The Morgan fingerprint density at radius 1 is 1.40 bits per heavy atom. The summed E-state index contributed by atoms with van der Waals surface area (Å²) in [6.07, 6.45) is 4.61. The van der Waals surface area contributed by atoms with E-state index in [9.17, 15) is 0 Å². The van der Waals surface area contributed by atoms with Crippen LogP contribution in [0.3, 0.4) is 0 Å². The minimum absolute atomic E-state index is 0.0892. The number of nitrogens with two attached hydrogens (primary N) is 1. The predicted molar refractivity (Wildman–Crippen MR) is 86.0 cm³/mol. The Morgan fingerprint density at radius 3 is 2.75 bits per heavy atom. The Balaban J connectivity index is 2.18. The Kier molecular flexibility index (Phi) is 5.54. The third kappa shape index (κ3) is 3.79. The van der Waals surface area contributed by atoms with Crippen molar-refractivity contribution in [2.45, 2.75) is 32.0 Å². The SMILES string of the molecule is CCC(N)C(c1ccc(Cl)s1)N(C)Cc1cccnc1. The molecule has 2 unspecified atom stereocenters. The summed E-state index contributed by atoms with van der Waals surface area (Å²) in [5, 5.41) is 0. The average molecular weight is 310 g/mol. The molecule has 0 fully saturated rings. The standard InChI is InChI=1S/C15H20ClN3S/c1-3-12(17)15(13-6-7-14(16)20-13)19(2)10-11-5-4-8-18-9-11/h4-9,12,15H,3,10,17H2,1-2H3. The van der Waals surface area contributed by atoms with Crippen LogP contribution in [0.15, 0.2) is 36.7 Å². The molecular weight excluding hydrogens is 290 g/mol. The molecule has 0 saturated heterocycles. The van der Waals surface area contributed by atoms with Gasteiger partial charge in [-0.2, -0.15) is 0 Å². The number of pyridine rings is 1. The molecule has 0 saturated carbocycles. The molecule has 108 valence electrons. The maximum Gasteiger partial charge on any atom is 0.0931 e. The van der Waals surface area contributed by atoms with E-state index in [2.05, 4.69) is 36.0 Å². The molecule has 2 rings (SSSR count). The van der Waals surface area contributed by atoms with Crippen LogP contribution < -0.4 is 5.73 Å². The van der Waals surface area contributed by atoms with Gasteiger partial charge >= 0.3 is 0 Å². The van der Waals surface area contributed by atoms with Gasteiger partial charge in [0.1, 0.15) is 0 Å². The Labute approximate surface area is 129 Å². The monoisotopic (exact) mass is 309 g/mol. The quantitative estimate of drug-likeness (QED) is 0.884. The first-order valence-corrected chi connectivity index (χ1v) is 7.91. The van der Waals surface area contributed by atoms with Crippen LogP contribution in [0.2, 0.25) is 4.34 Å². The van der Waals surface area contributed by atoms with Gasteiger partial charge in [-0.15, -0.1) is 11.3 Å². The van der Waals surface area contributed by atoms with Crippen LogP contribution in [-0.4, -0.2) is 23.0 Å². The predicted octanol–water partition coefficient (Wildman–Crippen LogP) is 3.71. The van der Waals surface area contributed by atoms with Crippen molar-refractivity contribution in [3.05, 3.63) is 51.4 Å². The van der Waals surface area contributed by atoms with Gasteiger partial charge in [-0.05, 0) is 37.2 Å². The zero-order valence-electron chi connectivity index (χ0n) is 11.8. The zero-order valence-corrected chi connectivity index (χ0v) is 13.4. The molecule has 0 amide bonds. The van der Waals surface area contributed by atoms with Crippen LogP contribution in [-0.2, 0) is 6.54 Å². The van der Waals surface area contributed by atoms with Crippen molar-refractivity contribution in [3.63, 3.8) is 0 Å². The summed E-state index contributed by atoms with van der Waals surface area (Å²) < 4.78 is 0.808. The molecule has 20 heavy (non-hydrogen) atoms. The lowest BCUT2D eigenvalue weighted by atomic mass is 10.0. The van der Waals surface area contributed by atoms with E-state index in [0.717, 1.165) is 17.3 Å². The lowest BCUT2D eigenvalue weighted by molar-refractivity contribution is 0.205. The van der Waals surface area contributed by atoms with Gasteiger partial charge in [0.05, 0.1) is 10.4 Å². The van der Waals surface area contributed by atoms with Crippen molar-refractivity contribution >= 4 is 22.9 Å². The average Bonchev–Trinajstić information content (AvgIpc) is 2.86. The topological polar surface area (TPSA) is 42.1 Å². The van der Waals surface area contributed by atoms with E-state index in [1.165, 1.54) is 10.4 Å². The van der Waals surface area contributed by atoms with Gasteiger partial charge in [0.25, 0.3) is 0 Å². The molecule has 2 N–H and O–H groups in total. The highest BCUT2D eigenvalue weighted by Gasteiger charge is 2.24. The molecule has 0 aliphatic heterocycles. The van der Waals surface area contributed by atoms with Crippen molar-refractivity contribution < 1.29 is 0 Å². The Bertz CT molecular complexity index is 529. The van der Waals surface area contributed by atoms with Crippen molar-refractivity contribution in [2.24, 2.45) is 5.73 Å². The third-order valence-corrected chi connectivity index (χ3v) is 4.69. The molecule has 0 spiro atoms. The highest BCUT2D eigenvalue weighted by Crippen LogP contribution is 2.33. The fraction of sp³-hybridized carbons (Fsp3) is 0.400. The fourth-order valence-electron chi connectivity index (χ4n) is 2.34. The van der Waals surface area contributed by atoms with Gasteiger partial charge in [-0.25, -0.2) is 0 Å². The van der Waals surface area contributed by atoms with Gasteiger partial charge in [0, 0.05) is 29.9 Å². The number of thiophene rings is 1. The van der Waals surface area contributed by atoms with Gasteiger partial charge in [0.15, 0.2) is 0 Å². The second kappa shape index (κ2) is 7.18. The molecule has 3 nitrogen and oxygen atoms in total. The maximum absolute atomic E-state index is 6.32. The minimum atomic E-state index is 0.0892. The molecule has 2 aromatic heterocycles. The zero-order chi connectivity index (χ0) is 14.5. The molecule has 0 aliphatic rings. The molecule has 0 aliphatic carbocycles. The second-order valence-electron chi connectivity index (χ2n) is 4.94. The van der Waals surface area contributed by atoms with E-state index >= 15 is 0 Å². The number of aromatic nitrogens is 1. The smallest absolute Gasteiger partial charge is 0.0931 e. The highest BCUT2D eigenvalue weighted by molar-refractivity contribution is 7.16. The summed E-state index contributed by atoms with van der Waals surface area (Å²) in [6, 6.07) is 8.32. The summed E-state index contributed by atoms with van der Waals surface area (Å²) in [6.45, 7) is 2.94. The molecule has 0 aromatic carbocycles. The highest BCUT2D eigenvalue weighted by atomic mass is 35.5. The molecular formula is C15H20ClN3S. The number of halogens is 1. The summed E-state index contributed by atoms with van der Waals surface area (Å²) in [5.74, 6) is 0. The van der Waals surface area contributed by atoms with Crippen LogP contribution in [0.1, 0.15) is 29.8 Å². The van der Waals surface area contributed by atoms with Gasteiger partial charge < -0.3 is 5.73 Å². The number of hydrogen-bond acceptors (Lipinski definition) is 4. The van der Waals surface area contributed by atoms with Gasteiger partial charge in [-0.3, -0.25) is 9.88 Å². The van der Waals surface area contributed by atoms with Crippen molar-refractivity contribution in [1.29, 1.82) is 0 Å². The maximum atomic E-state index is 6.32. The summed E-state index contributed by atoms with van der Waals surface area (Å²) in [7, 11) is 2.10. The molecule has 5 heteroatoms. The third-order valence-electron chi connectivity index (χ3n) is 3.39. The van der Waals surface area contributed by atoms with E-state index in [1.54, 1.807) is 17.5 Å². The molecule has 2 heterocycles. The van der Waals surface area contributed by atoms with E-state index in [4.69, 9.17) is 17.3 Å².